The summed E-state index contributed by atoms with van der Waals surface area (Å²) >= 11 is 0. The van der Waals surface area contributed by atoms with Crippen LogP contribution in [0.5, 0.6) is 5.75 Å². The number of ether oxygens (including phenoxy) is 1. The van der Waals surface area contributed by atoms with Crippen LogP contribution in [0.2, 0.25) is 0 Å². The van der Waals surface area contributed by atoms with E-state index in [1.54, 1.807) is 13.4 Å². The van der Waals surface area contributed by atoms with Crippen molar-refractivity contribution >= 4 is 22.6 Å². The lowest BCUT2D eigenvalue weighted by molar-refractivity contribution is -0.115. The molecule has 0 saturated carbocycles. The molecule has 124 valence electrons. The van der Waals surface area contributed by atoms with Gasteiger partial charge in [0.15, 0.2) is 0 Å². The molecule has 4 nitrogen and oxygen atoms in total. The number of hydrogen-bond donors (Lipinski definition) is 1. The van der Waals surface area contributed by atoms with E-state index in [0.717, 1.165) is 28.0 Å². The Balaban J connectivity index is 1.76. The largest absolute Gasteiger partial charge is 0.497 e. The van der Waals surface area contributed by atoms with E-state index in [1.807, 2.05) is 30.3 Å². The maximum atomic E-state index is 12.3. The first-order chi connectivity index (χ1) is 11.6. The van der Waals surface area contributed by atoms with Gasteiger partial charge in [-0.25, -0.2) is 0 Å². The van der Waals surface area contributed by atoms with Crippen LogP contribution in [0.25, 0.3) is 11.0 Å². The van der Waals surface area contributed by atoms with Gasteiger partial charge < -0.3 is 14.5 Å². The van der Waals surface area contributed by atoms with Gasteiger partial charge in [-0.2, -0.15) is 0 Å². The molecular formula is C20H21NO3. The molecular weight excluding hydrogens is 302 g/mol. The van der Waals surface area contributed by atoms with Crippen molar-refractivity contribution in [3.63, 3.8) is 0 Å². The van der Waals surface area contributed by atoms with E-state index in [-0.39, 0.29) is 12.3 Å². The van der Waals surface area contributed by atoms with Gasteiger partial charge in [0.05, 0.1) is 19.8 Å². The fraction of sp³-hybridized carbons (Fsp3) is 0.250. The number of carbonyl (C=O) groups is 1. The molecule has 1 amide bonds. The Morgan fingerprint density at radius 3 is 2.58 bits per heavy atom. The zero-order chi connectivity index (χ0) is 17.1. The first kappa shape index (κ1) is 16.1. The van der Waals surface area contributed by atoms with Crippen molar-refractivity contribution in [2.75, 3.05) is 12.4 Å². The first-order valence-electron chi connectivity index (χ1n) is 8.00. The third-order valence-corrected chi connectivity index (χ3v) is 4.07. The molecule has 0 atom stereocenters. The summed E-state index contributed by atoms with van der Waals surface area (Å²) in [6.07, 6.45) is 1.95. The summed E-state index contributed by atoms with van der Waals surface area (Å²) in [5, 5.41) is 3.90. The van der Waals surface area contributed by atoms with Crippen molar-refractivity contribution in [3.8, 4) is 5.75 Å². The number of carbonyl (C=O) groups excluding carboxylic acids is 1. The van der Waals surface area contributed by atoms with E-state index in [2.05, 4.69) is 31.3 Å². The van der Waals surface area contributed by atoms with Gasteiger partial charge in [-0.15, -0.1) is 0 Å². The van der Waals surface area contributed by atoms with Crippen LogP contribution in [0.15, 0.2) is 53.1 Å². The van der Waals surface area contributed by atoms with E-state index in [0.29, 0.717) is 5.92 Å². The third kappa shape index (κ3) is 3.43. The quantitative estimate of drug-likeness (QED) is 0.737. The molecule has 1 heterocycles. The van der Waals surface area contributed by atoms with E-state index in [1.165, 1.54) is 5.56 Å². The summed E-state index contributed by atoms with van der Waals surface area (Å²) in [6.45, 7) is 4.30. The average molecular weight is 323 g/mol. The van der Waals surface area contributed by atoms with Gasteiger partial charge in [0, 0.05) is 16.6 Å². The minimum Gasteiger partial charge on any atom is -0.497 e. The van der Waals surface area contributed by atoms with Crippen molar-refractivity contribution in [1.29, 1.82) is 0 Å². The van der Waals surface area contributed by atoms with Gasteiger partial charge in [0.1, 0.15) is 11.3 Å². The van der Waals surface area contributed by atoms with Gasteiger partial charge in [-0.3, -0.25) is 4.79 Å². The number of methoxy groups -OCH3 is 1. The Morgan fingerprint density at radius 2 is 1.92 bits per heavy atom. The highest BCUT2D eigenvalue weighted by atomic mass is 16.5. The van der Waals surface area contributed by atoms with Crippen LogP contribution in [-0.2, 0) is 11.2 Å². The maximum Gasteiger partial charge on any atom is 0.228 e. The zero-order valence-electron chi connectivity index (χ0n) is 14.1. The fourth-order valence-electron chi connectivity index (χ4n) is 2.65. The molecule has 0 bridgehead atoms. The van der Waals surface area contributed by atoms with Gasteiger partial charge in [-0.1, -0.05) is 19.9 Å². The Bertz CT molecular complexity index is 847. The second-order valence-corrected chi connectivity index (χ2v) is 6.12. The molecule has 0 saturated heterocycles. The van der Waals surface area contributed by atoms with Gasteiger partial charge in [-0.05, 0) is 47.9 Å². The first-order valence-corrected chi connectivity index (χ1v) is 8.00. The van der Waals surface area contributed by atoms with E-state index >= 15 is 0 Å². The van der Waals surface area contributed by atoms with E-state index in [9.17, 15) is 4.79 Å². The lowest BCUT2D eigenvalue weighted by atomic mass is 10.00. The number of anilines is 1. The molecule has 0 radical (unpaired) electrons. The SMILES string of the molecule is COc1ccc(NC(=O)Cc2coc3ccc(C(C)C)cc23)cc1. The highest BCUT2D eigenvalue weighted by molar-refractivity contribution is 5.95. The Labute approximate surface area is 141 Å². The number of fused-ring (bicyclic) bond motifs is 1. The predicted octanol–water partition coefficient (Wildman–Crippen LogP) is 4.75. The standard InChI is InChI=1S/C20H21NO3/c1-13(2)14-4-9-19-18(10-14)15(12-24-19)11-20(22)21-16-5-7-17(23-3)8-6-16/h4-10,12-13H,11H2,1-3H3,(H,21,22). The van der Waals surface area contributed by atoms with Crippen LogP contribution in [-0.4, -0.2) is 13.0 Å². The van der Waals surface area contributed by atoms with Crippen molar-refractivity contribution in [1.82, 2.24) is 0 Å². The Morgan fingerprint density at radius 1 is 1.17 bits per heavy atom. The lowest BCUT2D eigenvalue weighted by Crippen LogP contribution is -2.14. The molecule has 0 fully saturated rings. The molecule has 0 spiro atoms. The smallest absolute Gasteiger partial charge is 0.228 e. The van der Waals surface area contributed by atoms with E-state index in [4.69, 9.17) is 9.15 Å². The van der Waals surface area contributed by atoms with Crippen LogP contribution in [0.3, 0.4) is 0 Å². The molecule has 1 N–H and O–H groups in total. The third-order valence-electron chi connectivity index (χ3n) is 4.07. The summed E-state index contributed by atoms with van der Waals surface area (Å²) < 4.78 is 10.7. The monoisotopic (exact) mass is 323 g/mol. The fourth-order valence-corrected chi connectivity index (χ4v) is 2.65. The summed E-state index contributed by atoms with van der Waals surface area (Å²) in [7, 11) is 1.61. The molecule has 1 aromatic heterocycles. The van der Waals surface area contributed by atoms with Crippen LogP contribution in [0.1, 0.15) is 30.9 Å². The molecule has 2 aromatic carbocycles. The molecule has 0 unspecified atom stereocenters. The second-order valence-electron chi connectivity index (χ2n) is 6.12. The number of hydrogen-bond acceptors (Lipinski definition) is 3. The predicted molar refractivity (Wildman–Crippen MR) is 95.6 cm³/mol. The normalized spacial score (nSPS) is 11.0. The molecule has 0 aliphatic rings. The number of amides is 1. The molecule has 4 heteroatoms. The highest BCUT2D eigenvalue weighted by Crippen LogP contribution is 2.26. The zero-order valence-corrected chi connectivity index (χ0v) is 14.1. The number of furan rings is 1. The Kier molecular flexibility index (Phi) is 4.56. The van der Waals surface area contributed by atoms with Crippen LogP contribution in [0.4, 0.5) is 5.69 Å². The molecule has 0 aliphatic carbocycles. The van der Waals surface area contributed by atoms with Gasteiger partial charge in [0.2, 0.25) is 5.91 Å². The topological polar surface area (TPSA) is 51.5 Å². The number of nitrogens with one attached hydrogen (secondary N) is 1. The highest BCUT2D eigenvalue weighted by Gasteiger charge is 2.12. The minimum absolute atomic E-state index is 0.0715. The van der Waals surface area contributed by atoms with Crippen LogP contribution in [0, 0.1) is 0 Å². The van der Waals surface area contributed by atoms with Crippen molar-refractivity contribution in [3.05, 3.63) is 59.9 Å². The average Bonchev–Trinajstić information content (AvgIpc) is 2.97. The van der Waals surface area contributed by atoms with Crippen molar-refractivity contribution in [2.24, 2.45) is 0 Å². The van der Waals surface area contributed by atoms with Crippen molar-refractivity contribution in [2.45, 2.75) is 26.2 Å². The van der Waals surface area contributed by atoms with Gasteiger partial charge in [0.25, 0.3) is 0 Å². The summed E-state index contributed by atoms with van der Waals surface area (Å²) in [6, 6.07) is 13.4. The molecule has 24 heavy (non-hydrogen) atoms. The maximum absolute atomic E-state index is 12.3. The number of benzene rings is 2. The molecule has 3 aromatic rings. The lowest BCUT2D eigenvalue weighted by Gasteiger charge is -2.07. The minimum atomic E-state index is -0.0715. The summed E-state index contributed by atoms with van der Waals surface area (Å²) in [5.74, 6) is 1.12. The Hall–Kier alpha value is -2.75. The number of rotatable bonds is 5. The molecule has 0 aliphatic heterocycles. The summed E-state index contributed by atoms with van der Waals surface area (Å²) in [5.41, 5.74) is 3.70. The molecule has 3 rings (SSSR count). The van der Waals surface area contributed by atoms with Crippen LogP contribution >= 0.6 is 0 Å². The van der Waals surface area contributed by atoms with Crippen molar-refractivity contribution < 1.29 is 13.9 Å². The second kappa shape index (κ2) is 6.79. The van der Waals surface area contributed by atoms with Crippen LogP contribution < -0.4 is 10.1 Å². The van der Waals surface area contributed by atoms with E-state index < -0.39 is 0 Å². The van der Waals surface area contributed by atoms with Gasteiger partial charge >= 0.3 is 0 Å². The summed E-state index contributed by atoms with van der Waals surface area (Å²) in [4.78, 5) is 12.3.